The highest BCUT2D eigenvalue weighted by atomic mass is 16.5. The van der Waals surface area contributed by atoms with Crippen LogP contribution in [0.25, 0.3) is 0 Å². The van der Waals surface area contributed by atoms with E-state index >= 15 is 0 Å². The second-order valence-electron chi connectivity index (χ2n) is 3.30. The van der Waals surface area contributed by atoms with Gasteiger partial charge in [0.15, 0.2) is 0 Å². The number of fused-ring (bicyclic) bond motifs is 3. The zero-order chi connectivity index (χ0) is 7.26. The molecule has 1 heterocycles. The minimum absolute atomic E-state index is 0.713. The van der Waals surface area contributed by atoms with Crippen molar-refractivity contribution in [1.29, 1.82) is 0 Å². The quantitative estimate of drug-likeness (QED) is 0.544. The Hall–Kier alpha value is -0.980. The van der Waals surface area contributed by atoms with E-state index in [4.69, 9.17) is 4.74 Å². The average molecular weight is 145 g/mol. The Labute approximate surface area is 66.0 Å². The van der Waals surface area contributed by atoms with Gasteiger partial charge in [-0.2, -0.15) is 0 Å². The van der Waals surface area contributed by atoms with E-state index in [1.165, 1.54) is 12.0 Å². The Morgan fingerprint density at radius 3 is 3.18 bits per heavy atom. The highest BCUT2D eigenvalue weighted by Crippen LogP contribution is 2.55. The van der Waals surface area contributed by atoms with Crippen LogP contribution in [-0.2, 0) is 0 Å². The maximum Gasteiger partial charge on any atom is 0.139 e. The van der Waals surface area contributed by atoms with E-state index in [1.807, 2.05) is 18.7 Å². The van der Waals surface area contributed by atoms with Crippen LogP contribution in [0.2, 0.25) is 0 Å². The highest BCUT2D eigenvalue weighted by Gasteiger charge is 2.43. The third-order valence-electron chi connectivity index (χ3n) is 2.53. The summed E-state index contributed by atoms with van der Waals surface area (Å²) >= 11 is 0. The first kappa shape index (κ1) is 5.64. The van der Waals surface area contributed by atoms with Crippen LogP contribution in [0.3, 0.4) is 0 Å². The SMILES string of the molecule is [CH]1Oc2ccccc2C2CC12. The molecule has 0 N–H and O–H groups in total. The number of ether oxygens (including phenoxy) is 1. The largest absolute Gasteiger partial charge is 0.486 e. The summed E-state index contributed by atoms with van der Waals surface area (Å²) in [4.78, 5) is 0. The molecule has 1 aliphatic carbocycles. The Kier molecular flexibility index (Phi) is 0.916. The van der Waals surface area contributed by atoms with Crippen molar-refractivity contribution in [1.82, 2.24) is 0 Å². The van der Waals surface area contributed by atoms with Gasteiger partial charge >= 0.3 is 0 Å². The lowest BCUT2D eigenvalue weighted by Crippen LogP contribution is -2.01. The van der Waals surface area contributed by atoms with Crippen molar-refractivity contribution in [2.75, 3.05) is 0 Å². The molecule has 0 amide bonds. The molecule has 2 atom stereocenters. The zero-order valence-corrected chi connectivity index (χ0v) is 6.16. The van der Waals surface area contributed by atoms with Gasteiger partial charge in [0.05, 0.1) is 0 Å². The van der Waals surface area contributed by atoms with Crippen LogP contribution < -0.4 is 4.74 Å². The van der Waals surface area contributed by atoms with Crippen LogP contribution in [0.15, 0.2) is 24.3 Å². The van der Waals surface area contributed by atoms with Gasteiger partial charge in [0.25, 0.3) is 0 Å². The zero-order valence-electron chi connectivity index (χ0n) is 6.16. The van der Waals surface area contributed by atoms with Crippen molar-refractivity contribution < 1.29 is 4.74 Å². The molecular formula is C10H9O. The lowest BCUT2D eigenvalue weighted by Gasteiger charge is -2.14. The molecule has 55 valence electrons. The van der Waals surface area contributed by atoms with Crippen LogP contribution in [0.1, 0.15) is 17.9 Å². The molecule has 11 heavy (non-hydrogen) atoms. The average Bonchev–Trinajstić information content (AvgIpc) is 2.83. The number of hydrogen-bond donors (Lipinski definition) is 0. The van der Waals surface area contributed by atoms with E-state index < -0.39 is 0 Å². The molecule has 1 aromatic rings. The van der Waals surface area contributed by atoms with Crippen molar-refractivity contribution >= 4 is 0 Å². The van der Waals surface area contributed by atoms with Gasteiger partial charge in [-0.15, -0.1) is 0 Å². The van der Waals surface area contributed by atoms with Crippen LogP contribution in [-0.4, -0.2) is 0 Å². The fraction of sp³-hybridized carbons (Fsp3) is 0.300. The molecule has 0 spiro atoms. The maximum atomic E-state index is 5.45. The van der Waals surface area contributed by atoms with Gasteiger partial charge in [-0.3, -0.25) is 0 Å². The second kappa shape index (κ2) is 1.79. The Balaban J connectivity index is 2.14. The van der Waals surface area contributed by atoms with Crippen molar-refractivity contribution in [2.24, 2.45) is 5.92 Å². The normalized spacial score (nSPS) is 31.6. The molecule has 1 radical (unpaired) electrons. The van der Waals surface area contributed by atoms with E-state index in [9.17, 15) is 0 Å². The molecule has 2 unspecified atom stereocenters. The van der Waals surface area contributed by atoms with E-state index in [0.717, 1.165) is 11.7 Å². The lowest BCUT2D eigenvalue weighted by atomic mass is 10.1. The fourth-order valence-corrected chi connectivity index (χ4v) is 1.78. The Morgan fingerprint density at radius 2 is 2.18 bits per heavy atom. The minimum atomic E-state index is 0.713. The summed E-state index contributed by atoms with van der Waals surface area (Å²) in [5.74, 6) is 2.55. The third-order valence-corrected chi connectivity index (χ3v) is 2.53. The summed E-state index contributed by atoms with van der Waals surface area (Å²) in [7, 11) is 0. The van der Waals surface area contributed by atoms with Gasteiger partial charge in [-0.25, -0.2) is 0 Å². The topological polar surface area (TPSA) is 9.23 Å². The lowest BCUT2D eigenvalue weighted by molar-refractivity contribution is 0.360. The third kappa shape index (κ3) is 0.710. The van der Waals surface area contributed by atoms with Crippen molar-refractivity contribution in [2.45, 2.75) is 12.3 Å². The molecule has 1 aromatic carbocycles. The summed E-state index contributed by atoms with van der Waals surface area (Å²) in [6, 6.07) is 8.33. The molecule has 1 saturated carbocycles. The summed E-state index contributed by atoms with van der Waals surface area (Å²) in [6.45, 7) is 1.98. The van der Waals surface area contributed by atoms with E-state index in [2.05, 4.69) is 12.1 Å². The van der Waals surface area contributed by atoms with Crippen LogP contribution in [0, 0.1) is 12.5 Å². The molecule has 0 saturated heterocycles. The fourth-order valence-electron chi connectivity index (χ4n) is 1.78. The molecule has 2 aliphatic rings. The summed E-state index contributed by atoms with van der Waals surface area (Å²) < 4.78 is 5.45. The van der Waals surface area contributed by atoms with Gasteiger partial charge in [0.2, 0.25) is 0 Å². The Morgan fingerprint density at radius 1 is 1.27 bits per heavy atom. The molecule has 3 rings (SSSR count). The van der Waals surface area contributed by atoms with Gasteiger partial charge in [-0.05, 0) is 24.0 Å². The second-order valence-corrected chi connectivity index (χ2v) is 3.30. The number of benzene rings is 1. The summed E-state index contributed by atoms with van der Waals surface area (Å²) in [5, 5.41) is 0. The summed E-state index contributed by atoms with van der Waals surface area (Å²) in [5.41, 5.74) is 1.40. The minimum Gasteiger partial charge on any atom is -0.486 e. The molecule has 0 aromatic heterocycles. The van der Waals surface area contributed by atoms with Crippen molar-refractivity contribution in [3.63, 3.8) is 0 Å². The van der Waals surface area contributed by atoms with Crippen molar-refractivity contribution in [3.8, 4) is 5.75 Å². The first-order valence-electron chi connectivity index (χ1n) is 4.04. The number of para-hydroxylation sites is 1. The monoisotopic (exact) mass is 145 g/mol. The Bertz CT molecular complexity index is 293. The van der Waals surface area contributed by atoms with Gasteiger partial charge in [0.1, 0.15) is 12.4 Å². The summed E-state index contributed by atoms with van der Waals surface area (Å²) in [6.07, 6.45) is 1.29. The predicted octanol–water partition coefficient (Wildman–Crippen LogP) is 2.34. The molecule has 0 bridgehead atoms. The molecular weight excluding hydrogens is 136 g/mol. The van der Waals surface area contributed by atoms with Gasteiger partial charge < -0.3 is 4.74 Å². The van der Waals surface area contributed by atoms with Gasteiger partial charge in [-0.1, -0.05) is 18.2 Å². The van der Waals surface area contributed by atoms with Gasteiger partial charge in [0, 0.05) is 5.92 Å². The molecule has 1 aliphatic heterocycles. The van der Waals surface area contributed by atoms with E-state index in [-0.39, 0.29) is 0 Å². The number of rotatable bonds is 0. The smallest absolute Gasteiger partial charge is 0.139 e. The van der Waals surface area contributed by atoms with Crippen LogP contribution in [0.4, 0.5) is 0 Å². The molecule has 1 heteroatoms. The van der Waals surface area contributed by atoms with E-state index in [1.54, 1.807) is 0 Å². The molecule has 1 nitrogen and oxygen atoms in total. The first-order chi connectivity index (χ1) is 5.45. The van der Waals surface area contributed by atoms with Crippen LogP contribution >= 0.6 is 0 Å². The predicted molar refractivity (Wildman–Crippen MR) is 42.2 cm³/mol. The maximum absolute atomic E-state index is 5.45. The molecule has 1 fully saturated rings. The van der Waals surface area contributed by atoms with E-state index in [0.29, 0.717) is 5.92 Å². The first-order valence-corrected chi connectivity index (χ1v) is 4.04. The van der Waals surface area contributed by atoms with Crippen molar-refractivity contribution in [3.05, 3.63) is 36.4 Å². The number of hydrogen-bond acceptors (Lipinski definition) is 1. The standard InChI is InChI=1S/C10H9O/c1-2-4-10-8(3-1)9-5-7(9)6-11-10/h1-4,6-7,9H,5H2. The highest BCUT2D eigenvalue weighted by molar-refractivity contribution is 5.43. The van der Waals surface area contributed by atoms with Crippen LogP contribution in [0.5, 0.6) is 5.75 Å².